The summed E-state index contributed by atoms with van der Waals surface area (Å²) in [4.78, 5) is 23.5. The van der Waals surface area contributed by atoms with E-state index in [2.05, 4.69) is 21.2 Å². The first-order valence-corrected chi connectivity index (χ1v) is 7.69. The summed E-state index contributed by atoms with van der Waals surface area (Å²) < 4.78 is 5.89. The minimum atomic E-state index is -0.366. The fraction of sp³-hybridized carbons (Fsp3) is 0.176. The largest absolute Gasteiger partial charge is 0.462 e. The molecule has 0 aromatic heterocycles. The van der Waals surface area contributed by atoms with E-state index in [0.29, 0.717) is 24.3 Å². The molecule has 2 aromatic carbocycles. The third-order valence-corrected chi connectivity index (χ3v) is 3.49. The zero-order valence-corrected chi connectivity index (χ0v) is 13.7. The lowest BCUT2D eigenvalue weighted by molar-refractivity contribution is -0.115. The average Bonchev–Trinajstić information content (AvgIpc) is 2.50. The molecule has 0 atom stereocenters. The fourth-order valence-corrected chi connectivity index (χ4v) is 2.16. The van der Waals surface area contributed by atoms with E-state index < -0.39 is 0 Å². The van der Waals surface area contributed by atoms with Gasteiger partial charge in [-0.3, -0.25) is 4.79 Å². The van der Waals surface area contributed by atoms with Gasteiger partial charge in [0, 0.05) is 10.2 Å². The van der Waals surface area contributed by atoms with Crippen LogP contribution in [0, 0.1) is 0 Å². The standard InChI is InChI=1S/C17H16BrNO3/c1-2-22-17(21)13-5-9-15(10-6-13)19-16(20)11-12-3-7-14(18)8-4-12/h3-10H,2,11H2,1H3,(H,19,20). The van der Waals surface area contributed by atoms with Crippen LogP contribution in [0.25, 0.3) is 0 Å². The van der Waals surface area contributed by atoms with E-state index in [4.69, 9.17) is 4.74 Å². The Labute approximate surface area is 137 Å². The van der Waals surface area contributed by atoms with Crippen molar-refractivity contribution < 1.29 is 14.3 Å². The average molecular weight is 362 g/mol. The highest BCUT2D eigenvalue weighted by atomic mass is 79.9. The maximum Gasteiger partial charge on any atom is 0.338 e. The Kier molecular flexibility index (Phi) is 5.72. The third-order valence-electron chi connectivity index (χ3n) is 2.96. The van der Waals surface area contributed by atoms with Gasteiger partial charge in [0.15, 0.2) is 0 Å². The number of amides is 1. The molecule has 2 rings (SSSR count). The fourth-order valence-electron chi connectivity index (χ4n) is 1.90. The van der Waals surface area contributed by atoms with Crippen molar-refractivity contribution in [1.82, 2.24) is 0 Å². The van der Waals surface area contributed by atoms with E-state index in [1.807, 2.05) is 24.3 Å². The molecule has 0 bridgehead atoms. The Balaban J connectivity index is 1.94. The van der Waals surface area contributed by atoms with E-state index in [-0.39, 0.29) is 11.9 Å². The van der Waals surface area contributed by atoms with Crippen LogP contribution in [0.2, 0.25) is 0 Å². The second kappa shape index (κ2) is 7.75. The molecule has 0 aliphatic carbocycles. The first-order valence-electron chi connectivity index (χ1n) is 6.90. The Hall–Kier alpha value is -2.14. The Morgan fingerprint density at radius 3 is 2.27 bits per heavy atom. The van der Waals surface area contributed by atoms with Crippen molar-refractivity contribution in [2.24, 2.45) is 0 Å². The molecule has 0 radical (unpaired) electrons. The molecule has 1 amide bonds. The first kappa shape index (κ1) is 16.2. The molecule has 0 aliphatic heterocycles. The van der Waals surface area contributed by atoms with Gasteiger partial charge in [-0.2, -0.15) is 0 Å². The van der Waals surface area contributed by atoms with Crippen LogP contribution >= 0.6 is 15.9 Å². The number of ether oxygens (including phenoxy) is 1. The van der Waals surface area contributed by atoms with Gasteiger partial charge in [0.2, 0.25) is 5.91 Å². The maximum absolute atomic E-state index is 12.0. The lowest BCUT2D eigenvalue weighted by Gasteiger charge is -2.07. The molecular formula is C17H16BrNO3. The van der Waals surface area contributed by atoms with Gasteiger partial charge < -0.3 is 10.1 Å². The predicted octanol–water partition coefficient (Wildman–Crippen LogP) is 3.81. The van der Waals surface area contributed by atoms with Crippen LogP contribution < -0.4 is 5.32 Å². The summed E-state index contributed by atoms with van der Waals surface area (Å²) in [7, 11) is 0. The maximum atomic E-state index is 12.0. The van der Waals surface area contributed by atoms with Crippen LogP contribution in [-0.4, -0.2) is 18.5 Å². The highest BCUT2D eigenvalue weighted by Gasteiger charge is 2.07. The molecule has 0 heterocycles. The van der Waals surface area contributed by atoms with Crippen molar-refractivity contribution >= 4 is 33.5 Å². The smallest absolute Gasteiger partial charge is 0.338 e. The number of carbonyl (C=O) groups excluding carboxylic acids is 2. The summed E-state index contributed by atoms with van der Waals surface area (Å²) in [5.41, 5.74) is 2.05. The molecule has 0 unspecified atom stereocenters. The van der Waals surface area contributed by atoms with E-state index in [1.165, 1.54) is 0 Å². The summed E-state index contributed by atoms with van der Waals surface area (Å²) in [6.45, 7) is 2.10. The van der Waals surface area contributed by atoms with Gasteiger partial charge in [0.05, 0.1) is 18.6 Å². The Morgan fingerprint density at radius 2 is 1.68 bits per heavy atom. The summed E-state index contributed by atoms with van der Waals surface area (Å²) in [5.74, 6) is -0.471. The molecule has 0 spiro atoms. The van der Waals surface area contributed by atoms with Gasteiger partial charge in [-0.05, 0) is 48.9 Å². The van der Waals surface area contributed by atoms with Crippen LogP contribution in [0.4, 0.5) is 5.69 Å². The number of nitrogens with one attached hydrogen (secondary N) is 1. The highest BCUT2D eigenvalue weighted by Crippen LogP contribution is 2.13. The zero-order chi connectivity index (χ0) is 15.9. The summed E-state index contributed by atoms with van der Waals surface area (Å²) >= 11 is 3.36. The number of carbonyl (C=O) groups is 2. The summed E-state index contributed by atoms with van der Waals surface area (Å²) in [5, 5.41) is 2.80. The number of halogens is 1. The third kappa shape index (κ3) is 4.70. The van der Waals surface area contributed by atoms with Crippen molar-refractivity contribution in [1.29, 1.82) is 0 Å². The monoisotopic (exact) mass is 361 g/mol. The first-order chi connectivity index (χ1) is 10.6. The van der Waals surface area contributed by atoms with Crippen LogP contribution in [0.3, 0.4) is 0 Å². The van der Waals surface area contributed by atoms with Crippen LogP contribution in [-0.2, 0) is 16.0 Å². The number of anilines is 1. The lowest BCUT2D eigenvalue weighted by atomic mass is 10.1. The molecule has 0 fully saturated rings. The van der Waals surface area contributed by atoms with Gasteiger partial charge >= 0.3 is 5.97 Å². The molecule has 0 saturated heterocycles. The van der Waals surface area contributed by atoms with Crippen LogP contribution in [0.1, 0.15) is 22.8 Å². The van der Waals surface area contributed by atoms with Crippen molar-refractivity contribution in [3.8, 4) is 0 Å². The number of esters is 1. The zero-order valence-electron chi connectivity index (χ0n) is 12.1. The van der Waals surface area contributed by atoms with E-state index in [1.54, 1.807) is 31.2 Å². The van der Waals surface area contributed by atoms with E-state index >= 15 is 0 Å². The quantitative estimate of drug-likeness (QED) is 0.823. The minimum Gasteiger partial charge on any atom is -0.462 e. The minimum absolute atomic E-state index is 0.105. The molecule has 1 N–H and O–H groups in total. The van der Waals surface area contributed by atoms with Gasteiger partial charge in [0.1, 0.15) is 0 Å². The van der Waals surface area contributed by atoms with Crippen LogP contribution in [0.15, 0.2) is 53.0 Å². The number of rotatable bonds is 5. The normalized spacial score (nSPS) is 10.1. The molecular weight excluding hydrogens is 346 g/mol. The van der Waals surface area contributed by atoms with Crippen molar-refractivity contribution in [2.75, 3.05) is 11.9 Å². The van der Waals surface area contributed by atoms with Crippen LogP contribution in [0.5, 0.6) is 0 Å². The Morgan fingerprint density at radius 1 is 1.05 bits per heavy atom. The lowest BCUT2D eigenvalue weighted by Crippen LogP contribution is -2.14. The highest BCUT2D eigenvalue weighted by molar-refractivity contribution is 9.10. The molecule has 5 heteroatoms. The molecule has 0 saturated carbocycles. The topological polar surface area (TPSA) is 55.4 Å². The Bertz CT molecular complexity index is 651. The van der Waals surface area contributed by atoms with E-state index in [0.717, 1.165) is 10.0 Å². The molecule has 4 nitrogen and oxygen atoms in total. The predicted molar refractivity (Wildman–Crippen MR) is 88.9 cm³/mol. The van der Waals surface area contributed by atoms with Gasteiger partial charge in [-0.1, -0.05) is 28.1 Å². The van der Waals surface area contributed by atoms with Crippen molar-refractivity contribution in [3.63, 3.8) is 0 Å². The second-order valence-electron chi connectivity index (χ2n) is 4.65. The number of hydrogen-bond acceptors (Lipinski definition) is 3. The van der Waals surface area contributed by atoms with Gasteiger partial charge in [-0.25, -0.2) is 4.79 Å². The van der Waals surface area contributed by atoms with E-state index in [9.17, 15) is 9.59 Å². The second-order valence-corrected chi connectivity index (χ2v) is 5.56. The SMILES string of the molecule is CCOC(=O)c1ccc(NC(=O)Cc2ccc(Br)cc2)cc1. The molecule has 2 aromatic rings. The summed E-state index contributed by atoms with van der Waals surface area (Å²) in [6.07, 6.45) is 0.299. The molecule has 114 valence electrons. The summed E-state index contributed by atoms with van der Waals surface area (Å²) in [6, 6.07) is 14.2. The van der Waals surface area contributed by atoms with Crippen molar-refractivity contribution in [3.05, 3.63) is 64.1 Å². The number of hydrogen-bond donors (Lipinski definition) is 1. The van der Waals surface area contributed by atoms with Gasteiger partial charge in [0.25, 0.3) is 0 Å². The molecule has 0 aliphatic rings. The number of benzene rings is 2. The van der Waals surface area contributed by atoms with Crippen molar-refractivity contribution in [2.45, 2.75) is 13.3 Å². The molecule has 22 heavy (non-hydrogen) atoms. The van der Waals surface area contributed by atoms with Gasteiger partial charge in [-0.15, -0.1) is 0 Å².